The number of nitrogens with zero attached hydrogens (tertiary/aromatic N) is 2. The largest absolute Gasteiger partial charge is 0.399 e. The Morgan fingerprint density at radius 2 is 2.05 bits per heavy atom. The van der Waals surface area contributed by atoms with Gasteiger partial charge in [0, 0.05) is 17.0 Å². The number of nitrogens with two attached hydrogens (primary N) is 1. The number of nitrogen functional groups attached to an aromatic ring is 1. The van der Waals surface area contributed by atoms with Crippen molar-refractivity contribution in [3.8, 4) is 0 Å². The molecule has 1 saturated carbocycles. The Morgan fingerprint density at radius 1 is 1.33 bits per heavy atom. The lowest BCUT2D eigenvalue weighted by Gasteiger charge is -2.30. The number of fused-ring (bicyclic) bond motifs is 1. The molecule has 114 valence electrons. The summed E-state index contributed by atoms with van der Waals surface area (Å²) in [6, 6.07) is 6.28. The highest BCUT2D eigenvalue weighted by Crippen LogP contribution is 2.37. The topological polar surface area (TPSA) is 64.1 Å². The summed E-state index contributed by atoms with van der Waals surface area (Å²) in [5, 5.41) is 10.9. The lowest BCUT2D eigenvalue weighted by molar-refractivity contribution is 0.178. The molecule has 2 aromatic rings. The zero-order valence-corrected chi connectivity index (χ0v) is 13.4. The van der Waals surface area contributed by atoms with Crippen molar-refractivity contribution in [2.75, 3.05) is 12.0 Å². The Hall–Kier alpha value is -1.20. The van der Waals surface area contributed by atoms with Gasteiger partial charge in [0.1, 0.15) is 11.9 Å². The zero-order valence-electron chi connectivity index (χ0n) is 12.6. The van der Waals surface area contributed by atoms with Crippen LogP contribution in [0.2, 0.25) is 0 Å². The Bertz CT molecular complexity index is 630. The lowest BCUT2D eigenvalue weighted by Crippen LogP contribution is -2.21. The van der Waals surface area contributed by atoms with E-state index >= 15 is 0 Å². The maximum absolute atomic E-state index is 10.1. The van der Waals surface area contributed by atoms with Crippen LogP contribution in [0, 0.1) is 0 Å². The second kappa shape index (κ2) is 5.89. The van der Waals surface area contributed by atoms with Crippen LogP contribution in [-0.2, 0) is 0 Å². The van der Waals surface area contributed by atoms with E-state index in [1.54, 1.807) is 6.92 Å². The molecule has 1 atom stereocenters. The summed E-state index contributed by atoms with van der Waals surface area (Å²) < 4.78 is 2.25. The van der Waals surface area contributed by atoms with Crippen molar-refractivity contribution < 1.29 is 5.11 Å². The van der Waals surface area contributed by atoms with Crippen LogP contribution in [0.1, 0.15) is 50.6 Å². The maximum atomic E-state index is 10.1. The molecule has 0 bridgehead atoms. The lowest BCUT2D eigenvalue weighted by atomic mass is 9.94. The van der Waals surface area contributed by atoms with Crippen LogP contribution in [0.3, 0.4) is 0 Å². The fourth-order valence-corrected chi connectivity index (χ4v) is 4.10. The molecule has 1 aromatic carbocycles. The van der Waals surface area contributed by atoms with Gasteiger partial charge in [-0.1, -0.05) is 0 Å². The maximum Gasteiger partial charge on any atom is 0.138 e. The van der Waals surface area contributed by atoms with Gasteiger partial charge in [0.05, 0.1) is 11.0 Å². The van der Waals surface area contributed by atoms with Crippen LogP contribution in [-0.4, -0.2) is 26.2 Å². The average molecular weight is 305 g/mol. The summed E-state index contributed by atoms with van der Waals surface area (Å²) in [5.41, 5.74) is 8.55. The average Bonchev–Trinajstić information content (AvgIpc) is 2.86. The van der Waals surface area contributed by atoms with Gasteiger partial charge in [-0.05, 0) is 57.1 Å². The molecule has 3 N–H and O–H groups in total. The molecule has 0 amide bonds. The molecule has 3 rings (SSSR count). The van der Waals surface area contributed by atoms with Gasteiger partial charge in [0.2, 0.25) is 0 Å². The second-order valence-electron chi connectivity index (χ2n) is 5.93. The number of hydrogen-bond acceptors (Lipinski definition) is 4. The first kappa shape index (κ1) is 14.7. The Kier molecular flexibility index (Phi) is 4.13. The second-order valence-corrected chi connectivity index (χ2v) is 7.07. The van der Waals surface area contributed by atoms with E-state index in [4.69, 9.17) is 5.73 Å². The van der Waals surface area contributed by atoms with E-state index in [0.29, 0.717) is 6.04 Å². The van der Waals surface area contributed by atoms with Gasteiger partial charge in [0.15, 0.2) is 0 Å². The van der Waals surface area contributed by atoms with Crippen molar-refractivity contribution in [2.45, 2.75) is 50.0 Å². The summed E-state index contributed by atoms with van der Waals surface area (Å²) in [6.07, 6.45) is 6.42. The van der Waals surface area contributed by atoms with Crippen molar-refractivity contribution in [3.05, 3.63) is 24.0 Å². The minimum atomic E-state index is -0.558. The van der Waals surface area contributed by atoms with Crippen LogP contribution in [0.25, 0.3) is 11.0 Å². The summed E-state index contributed by atoms with van der Waals surface area (Å²) in [4.78, 5) is 4.62. The summed E-state index contributed by atoms with van der Waals surface area (Å²) >= 11 is 1.97. The molecule has 0 spiro atoms. The van der Waals surface area contributed by atoms with Gasteiger partial charge in [-0.2, -0.15) is 11.8 Å². The first-order chi connectivity index (χ1) is 10.1. The van der Waals surface area contributed by atoms with E-state index in [1.807, 2.05) is 30.0 Å². The molecule has 5 heteroatoms. The number of anilines is 1. The highest BCUT2D eigenvalue weighted by atomic mass is 32.2. The molecule has 1 aliphatic rings. The Labute approximate surface area is 129 Å². The highest BCUT2D eigenvalue weighted by molar-refractivity contribution is 7.99. The van der Waals surface area contributed by atoms with Gasteiger partial charge in [0.25, 0.3) is 0 Å². The van der Waals surface area contributed by atoms with Crippen LogP contribution in [0.5, 0.6) is 0 Å². The normalized spacial score (nSPS) is 24.3. The van der Waals surface area contributed by atoms with Gasteiger partial charge >= 0.3 is 0 Å². The van der Waals surface area contributed by atoms with Gasteiger partial charge in [-0.15, -0.1) is 0 Å². The minimum Gasteiger partial charge on any atom is -0.399 e. The number of aromatic nitrogens is 2. The quantitative estimate of drug-likeness (QED) is 0.852. The summed E-state index contributed by atoms with van der Waals surface area (Å²) in [5.74, 6) is 0.767. The van der Waals surface area contributed by atoms with Crippen molar-refractivity contribution in [1.29, 1.82) is 0 Å². The SMILES string of the molecule is CSC1CCC(n2c(C(C)O)nc3cc(N)ccc32)CC1. The number of imidazole rings is 1. The van der Waals surface area contributed by atoms with E-state index in [2.05, 4.69) is 15.8 Å². The molecular formula is C16H23N3OS. The summed E-state index contributed by atoms with van der Waals surface area (Å²) in [6.45, 7) is 1.79. The molecule has 4 nitrogen and oxygen atoms in total. The fourth-order valence-electron chi connectivity index (χ4n) is 3.35. The number of hydrogen-bond donors (Lipinski definition) is 2. The van der Waals surface area contributed by atoms with Crippen molar-refractivity contribution >= 4 is 28.5 Å². The van der Waals surface area contributed by atoms with Gasteiger partial charge in [-0.3, -0.25) is 0 Å². The molecule has 1 unspecified atom stereocenters. The highest BCUT2D eigenvalue weighted by Gasteiger charge is 2.26. The molecule has 0 saturated heterocycles. The number of benzene rings is 1. The van der Waals surface area contributed by atoms with Crippen molar-refractivity contribution in [1.82, 2.24) is 9.55 Å². The predicted octanol–water partition coefficient (Wildman–Crippen LogP) is 3.52. The first-order valence-corrected chi connectivity index (χ1v) is 8.87. The zero-order chi connectivity index (χ0) is 15.0. The molecule has 1 fully saturated rings. The van der Waals surface area contributed by atoms with Gasteiger partial charge < -0.3 is 15.4 Å². The van der Waals surface area contributed by atoms with E-state index < -0.39 is 6.10 Å². The smallest absolute Gasteiger partial charge is 0.138 e. The molecule has 1 heterocycles. The third-order valence-corrected chi connectivity index (χ3v) is 5.59. The first-order valence-electron chi connectivity index (χ1n) is 7.58. The summed E-state index contributed by atoms with van der Waals surface area (Å²) in [7, 11) is 0. The predicted molar refractivity (Wildman–Crippen MR) is 89.6 cm³/mol. The van der Waals surface area contributed by atoms with E-state index in [0.717, 1.165) is 40.6 Å². The number of rotatable bonds is 3. The molecule has 0 aliphatic heterocycles. The van der Waals surface area contributed by atoms with E-state index in [9.17, 15) is 5.11 Å². The fraction of sp³-hybridized carbons (Fsp3) is 0.562. The molecule has 1 aromatic heterocycles. The van der Waals surface area contributed by atoms with Crippen LogP contribution < -0.4 is 5.73 Å². The molecule has 0 radical (unpaired) electrons. The van der Waals surface area contributed by atoms with Crippen molar-refractivity contribution in [3.63, 3.8) is 0 Å². The van der Waals surface area contributed by atoms with E-state index in [1.165, 1.54) is 12.8 Å². The van der Waals surface area contributed by atoms with E-state index in [-0.39, 0.29) is 0 Å². The standard InChI is InChI=1S/C16H23N3OS/c1-10(20)16-18-14-9-11(17)3-8-15(14)19(16)12-4-6-13(21-2)7-5-12/h3,8-10,12-13,20H,4-7,17H2,1-2H3. The number of aliphatic hydroxyl groups is 1. The van der Waals surface area contributed by atoms with Crippen molar-refractivity contribution in [2.24, 2.45) is 0 Å². The van der Waals surface area contributed by atoms with Crippen LogP contribution >= 0.6 is 11.8 Å². The molecular weight excluding hydrogens is 282 g/mol. The Morgan fingerprint density at radius 3 is 2.67 bits per heavy atom. The monoisotopic (exact) mass is 305 g/mol. The Balaban J connectivity index is 2.02. The number of aliphatic hydroxyl groups excluding tert-OH is 1. The van der Waals surface area contributed by atoms with Crippen LogP contribution in [0.4, 0.5) is 5.69 Å². The van der Waals surface area contributed by atoms with Crippen LogP contribution in [0.15, 0.2) is 18.2 Å². The third kappa shape index (κ3) is 2.77. The minimum absolute atomic E-state index is 0.437. The number of thioether (sulfide) groups is 1. The molecule has 1 aliphatic carbocycles. The third-order valence-electron chi connectivity index (χ3n) is 4.46. The van der Waals surface area contributed by atoms with Gasteiger partial charge in [-0.25, -0.2) is 4.98 Å². The molecule has 21 heavy (non-hydrogen) atoms.